The van der Waals surface area contributed by atoms with Gasteiger partial charge in [-0.1, -0.05) is 31.2 Å². The van der Waals surface area contributed by atoms with Crippen molar-refractivity contribution in [2.24, 2.45) is 5.41 Å². The van der Waals surface area contributed by atoms with Gasteiger partial charge in [0.05, 0.1) is 0 Å². The van der Waals surface area contributed by atoms with Gasteiger partial charge in [0.2, 0.25) is 5.91 Å². The number of aliphatic hydroxyl groups is 1. The molecule has 0 spiro atoms. The van der Waals surface area contributed by atoms with Crippen molar-refractivity contribution < 1.29 is 15.0 Å². The molecular formula is C19H21N2O3-. The number of hydrogen-bond acceptors (Lipinski definition) is 4. The fraction of sp³-hybridized carbons (Fsp3) is 0.421. The number of nitrogens with zero attached hydrogens (tertiary/aromatic N) is 1. The number of hydrogen-bond donors (Lipinski definition) is 2. The van der Waals surface area contributed by atoms with Crippen LogP contribution in [0, 0.1) is 5.41 Å². The summed E-state index contributed by atoms with van der Waals surface area (Å²) in [6, 6.07) is 7.36. The van der Waals surface area contributed by atoms with Crippen LogP contribution in [0.5, 0.6) is 0 Å². The van der Waals surface area contributed by atoms with Gasteiger partial charge in [-0.3, -0.25) is 4.79 Å². The van der Waals surface area contributed by atoms with Crippen molar-refractivity contribution in [1.82, 2.24) is 4.90 Å². The SMILES string of the molecule is CCC12C/C=C(\[O-])Nc3ccccc3C3=CC(=O)N(CCC1)C32O. The molecule has 3 aliphatic heterocycles. The van der Waals surface area contributed by atoms with E-state index in [1.54, 1.807) is 23.1 Å². The minimum Gasteiger partial charge on any atom is -0.860 e. The van der Waals surface area contributed by atoms with E-state index in [1.807, 2.05) is 25.1 Å². The number of anilines is 1. The van der Waals surface area contributed by atoms with E-state index in [-0.39, 0.29) is 11.8 Å². The quantitative estimate of drug-likeness (QED) is 0.826. The van der Waals surface area contributed by atoms with Gasteiger partial charge in [-0.25, -0.2) is 0 Å². The van der Waals surface area contributed by atoms with Crippen molar-refractivity contribution in [3.05, 3.63) is 47.9 Å². The second kappa shape index (κ2) is 5.11. The van der Waals surface area contributed by atoms with E-state index in [4.69, 9.17) is 0 Å². The molecule has 1 saturated heterocycles. The summed E-state index contributed by atoms with van der Waals surface area (Å²) in [5.74, 6) is -0.311. The van der Waals surface area contributed by atoms with E-state index in [0.717, 1.165) is 18.4 Å². The Kier molecular flexibility index (Phi) is 3.25. The number of fused-ring (bicyclic) bond motifs is 2. The van der Waals surface area contributed by atoms with Crippen molar-refractivity contribution in [1.29, 1.82) is 0 Å². The first-order chi connectivity index (χ1) is 11.5. The Morgan fingerprint density at radius 2 is 2.17 bits per heavy atom. The van der Waals surface area contributed by atoms with Crippen molar-refractivity contribution >= 4 is 17.2 Å². The summed E-state index contributed by atoms with van der Waals surface area (Å²) in [4.78, 5) is 14.2. The maximum absolute atomic E-state index is 12.6. The number of benzene rings is 1. The normalized spacial score (nSPS) is 33.9. The zero-order valence-electron chi connectivity index (χ0n) is 13.7. The van der Waals surface area contributed by atoms with Gasteiger partial charge >= 0.3 is 0 Å². The van der Waals surface area contributed by atoms with Gasteiger partial charge in [0.15, 0.2) is 5.72 Å². The van der Waals surface area contributed by atoms with Crippen LogP contribution in [0.25, 0.3) is 5.57 Å². The summed E-state index contributed by atoms with van der Waals surface area (Å²) in [6.07, 6.45) is 5.92. The van der Waals surface area contributed by atoms with Gasteiger partial charge in [0.1, 0.15) is 0 Å². The van der Waals surface area contributed by atoms with Crippen LogP contribution in [0.3, 0.4) is 0 Å². The average molecular weight is 325 g/mol. The van der Waals surface area contributed by atoms with E-state index in [9.17, 15) is 15.0 Å². The molecule has 24 heavy (non-hydrogen) atoms. The molecule has 3 heterocycles. The molecule has 1 aromatic rings. The molecule has 0 radical (unpaired) electrons. The first-order valence-corrected chi connectivity index (χ1v) is 8.51. The predicted octanol–water partition coefficient (Wildman–Crippen LogP) is 1.81. The molecule has 0 saturated carbocycles. The Morgan fingerprint density at radius 3 is 2.96 bits per heavy atom. The molecule has 3 aliphatic rings. The first kappa shape index (κ1) is 15.3. The van der Waals surface area contributed by atoms with Crippen LogP contribution in [0.2, 0.25) is 0 Å². The Morgan fingerprint density at radius 1 is 1.38 bits per heavy atom. The lowest BCUT2D eigenvalue weighted by Gasteiger charge is -2.54. The maximum Gasteiger partial charge on any atom is 0.249 e. The summed E-state index contributed by atoms with van der Waals surface area (Å²) >= 11 is 0. The van der Waals surface area contributed by atoms with Gasteiger partial charge in [0.25, 0.3) is 0 Å². The van der Waals surface area contributed by atoms with Crippen molar-refractivity contribution in [3.63, 3.8) is 0 Å². The fourth-order valence-corrected chi connectivity index (χ4v) is 4.58. The topological polar surface area (TPSA) is 75.6 Å². The number of nitrogens with one attached hydrogen (secondary N) is 1. The van der Waals surface area contributed by atoms with Gasteiger partial charge in [-0.15, -0.1) is 0 Å². The molecule has 5 heteroatoms. The first-order valence-electron chi connectivity index (χ1n) is 8.51. The van der Waals surface area contributed by atoms with Crippen molar-refractivity contribution in [2.45, 2.75) is 38.3 Å². The Labute approximate surface area is 141 Å². The lowest BCUT2D eigenvalue weighted by molar-refractivity contribution is -0.300. The van der Waals surface area contributed by atoms with Crippen LogP contribution in [-0.4, -0.2) is 28.2 Å². The summed E-state index contributed by atoms with van der Waals surface area (Å²) < 4.78 is 0. The Balaban J connectivity index is 2.01. The minimum absolute atomic E-state index is 0.147. The molecular weight excluding hydrogens is 304 g/mol. The summed E-state index contributed by atoms with van der Waals surface area (Å²) in [7, 11) is 0. The monoisotopic (exact) mass is 325 g/mol. The summed E-state index contributed by atoms with van der Waals surface area (Å²) in [5, 5.41) is 27.1. The molecule has 0 aliphatic carbocycles. The fourth-order valence-electron chi connectivity index (χ4n) is 4.58. The number of amides is 1. The lowest BCUT2D eigenvalue weighted by atomic mass is 9.64. The third kappa shape index (κ3) is 1.82. The van der Waals surface area contributed by atoms with Crippen LogP contribution in [0.4, 0.5) is 5.69 Å². The number of para-hydroxylation sites is 1. The zero-order chi connectivity index (χ0) is 16.9. The van der Waals surface area contributed by atoms with E-state index in [1.165, 1.54) is 0 Å². The number of allylic oxidation sites excluding steroid dienone is 1. The van der Waals surface area contributed by atoms with E-state index >= 15 is 0 Å². The predicted molar refractivity (Wildman–Crippen MR) is 89.4 cm³/mol. The van der Waals surface area contributed by atoms with Crippen LogP contribution >= 0.6 is 0 Å². The molecule has 2 atom stereocenters. The lowest BCUT2D eigenvalue weighted by Crippen LogP contribution is -2.62. The smallest absolute Gasteiger partial charge is 0.249 e. The van der Waals surface area contributed by atoms with E-state index in [0.29, 0.717) is 30.6 Å². The largest absolute Gasteiger partial charge is 0.860 e. The average Bonchev–Trinajstić information content (AvgIpc) is 2.86. The minimum atomic E-state index is -1.37. The van der Waals surface area contributed by atoms with Crippen LogP contribution in [0.1, 0.15) is 38.2 Å². The molecule has 1 aromatic carbocycles. The maximum atomic E-state index is 12.6. The van der Waals surface area contributed by atoms with Crippen LogP contribution in [-0.2, 0) is 4.79 Å². The zero-order valence-corrected chi connectivity index (χ0v) is 13.7. The molecule has 126 valence electrons. The number of carbonyl (C=O) groups is 1. The van der Waals surface area contributed by atoms with E-state index < -0.39 is 11.1 Å². The molecule has 2 N–H and O–H groups in total. The van der Waals surface area contributed by atoms with Crippen molar-refractivity contribution in [2.75, 3.05) is 11.9 Å². The second-order valence-corrected chi connectivity index (χ2v) is 6.90. The molecule has 5 nitrogen and oxygen atoms in total. The van der Waals surface area contributed by atoms with E-state index in [2.05, 4.69) is 5.32 Å². The highest BCUT2D eigenvalue weighted by molar-refractivity contribution is 6.05. The number of carbonyl (C=O) groups excluding carboxylic acids is 1. The highest BCUT2D eigenvalue weighted by Gasteiger charge is 2.61. The third-order valence-electron chi connectivity index (χ3n) is 5.91. The highest BCUT2D eigenvalue weighted by Crippen LogP contribution is 2.57. The van der Waals surface area contributed by atoms with Crippen molar-refractivity contribution in [3.8, 4) is 0 Å². The van der Waals surface area contributed by atoms with Gasteiger partial charge in [-0.2, -0.15) is 0 Å². The molecule has 0 bridgehead atoms. The molecule has 2 unspecified atom stereocenters. The Bertz CT molecular complexity index is 770. The molecule has 4 rings (SSSR count). The molecule has 1 fully saturated rings. The second-order valence-electron chi connectivity index (χ2n) is 6.90. The Hall–Kier alpha value is -2.27. The van der Waals surface area contributed by atoms with Gasteiger partial charge < -0.3 is 20.4 Å². The van der Waals surface area contributed by atoms with Gasteiger partial charge in [0, 0.05) is 34.9 Å². The van der Waals surface area contributed by atoms with Crippen LogP contribution < -0.4 is 10.4 Å². The molecule has 1 amide bonds. The third-order valence-corrected chi connectivity index (χ3v) is 5.91. The highest BCUT2D eigenvalue weighted by atomic mass is 16.3. The molecule has 0 aromatic heterocycles. The number of piperidine rings is 1. The summed E-state index contributed by atoms with van der Waals surface area (Å²) in [5.41, 5.74) is 0.0543. The number of rotatable bonds is 1. The van der Waals surface area contributed by atoms with Gasteiger partial charge in [-0.05, 0) is 37.6 Å². The van der Waals surface area contributed by atoms with Crippen LogP contribution in [0.15, 0.2) is 42.3 Å². The standard InChI is InChI=1S/C19H22N2O3/c1-2-18-9-5-11-21-17(23)12-14(19(18,21)24)13-6-3-4-7-15(13)20-16(22)8-10-18/h3-4,6-8,12,20,22,24H,2,5,9-11H2,1H3/p-1/b16-8-. The summed E-state index contributed by atoms with van der Waals surface area (Å²) in [6.45, 7) is 2.57.